The third-order valence-electron chi connectivity index (χ3n) is 7.57. The van der Waals surface area contributed by atoms with Crippen LogP contribution in [-0.4, -0.2) is 30.1 Å². The number of carbonyl (C=O) groups excluding carboxylic acids is 1. The third kappa shape index (κ3) is 4.95. The highest BCUT2D eigenvalue weighted by Crippen LogP contribution is 2.42. The maximum absolute atomic E-state index is 13.6. The van der Waals surface area contributed by atoms with Crippen LogP contribution in [0.3, 0.4) is 0 Å². The number of hydrogen-bond donors (Lipinski definition) is 3. The number of piperidine rings is 1. The lowest BCUT2D eigenvalue weighted by Gasteiger charge is -2.36. The van der Waals surface area contributed by atoms with Gasteiger partial charge >= 0.3 is 0 Å². The van der Waals surface area contributed by atoms with Gasteiger partial charge in [-0.25, -0.2) is 0 Å². The van der Waals surface area contributed by atoms with Crippen molar-refractivity contribution in [1.82, 2.24) is 10.6 Å². The summed E-state index contributed by atoms with van der Waals surface area (Å²) in [6.07, 6.45) is 14.3. The Bertz CT molecular complexity index is 884. The fourth-order valence-electron chi connectivity index (χ4n) is 5.67. The predicted molar refractivity (Wildman–Crippen MR) is 129 cm³/mol. The van der Waals surface area contributed by atoms with E-state index in [-0.39, 0.29) is 17.9 Å². The monoisotopic (exact) mass is 434 g/mol. The molecule has 1 saturated carbocycles. The van der Waals surface area contributed by atoms with E-state index in [9.17, 15) is 9.90 Å². The van der Waals surface area contributed by atoms with Crippen LogP contribution in [0.1, 0.15) is 93.7 Å². The van der Waals surface area contributed by atoms with Crippen molar-refractivity contribution in [3.63, 3.8) is 0 Å². The van der Waals surface area contributed by atoms with Gasteiger partial charge in [0.2, 0.25) is 0 Å². The van der Waals surface area contributed by atoms with E-state index >= 15 is 0 Å². The molecule has 1 heterocycles. The maximum Gasteiger partial charge on any atom is 0.257 e. The lowest BCUT2D eigenvalue weighted by Crippen LogP contribution is -2.53. The highest BCUT2D eigenvalue weighted by atomic mass is 16.3. The van der Waals surface area contributed by atoms with E-state index in [1.807, 2.05) is 12.1 Å². The second-order valence-corrected chi connectivity index (χ2v) is 9.68. The van der Waals surface area contributed by atoms with Crippen LogP contribution >= 0.6 is 0 Å². The zero-order chi connectivity index (χ0) is 22.4. The molecule has 1 amide bonds. The minimum atomic E-state index is -1.49. The molecule has 2 unspecified atom stereocenters. The second kappa shape index (κ2) is 10.7. The van der Waals surface area contributed by atoms with E-state index in [4.69, 9.17) is 0 Å². The highest BCUT2D eigenvalue weighted by molar-refractivity contribution is 5.87. The molecule has 3 N–H and O–H groups in total. The molecule has 1 aromatic carbocycles. The number of hydrogen-bond acceptors (Lipinski definition) is 3. The first-order chi connectivity index (χ1) is 15.6. The van der Waals surface area contributed by atoms with Gasteiger partial charge in [-0.2, -0.15) is 0 Å². The molecule has 4 rings (SSSR count). The third-order valence-corrected chi connectivity index (χ3v) is 7.57. The Morgan fingerprint density at radius 2 is 1.94 bits per heavy atom. The summed E-state index contributed by atoms with van der Waals surface area (Å²) in [6.45, 7) is 3.88. The Kier molecular flexibility index (Phi) is 7.71. The van der Waals surface area contributed by atoms with Crippen molar-refractivity contribution in [2.45, 2.75) is 88.7 Å². The summed E-state index contributed by atoms with van der Waals surface area (Å²) in [4.78, 5) is 13.6. The summed E-state index contributed by atoms with van der Waals surface area (Å²) >= 11 is 0. The number of aliphatic hydroxyl groups is 1. The van der Waals surface area contributed by atoms with Gasteiger partial charge in [0.1, 0.15) is 0 Å². The quantitative estimate of drug-likeness (QED) is 0.472. The normalized spacial score (nSPS) is 23.9. The zero-order valence-electron chi connectivity index (χ0n) is 19.5. The molecular weight excluding hydrogens is 396 g/mol. The van der Waals surface area contributed by atoms with Gasteiger partial charge < -0.3 is 15.7 Å². The molecule has 2 aliphatic carbocycles. The lowest BCUT2D eigenvalue weighted by atomic mass is 9.76. The Labute approximate surface area is 193 Å². The average Bonchev–Trinajstić information content (AvgIpc) is 3.39. The van der Waals surface area contributed by atoms with E-state index in [2.05, 4.69) is 47.6 Å². The summed E-state index contributed by atoms with van der Waals surface area (Å²) in [5, 5.41) is 18.6. The number of amides is 1. The Hall–Kier alpha value is -2.09. The fraction of sp³-hybridized carbons (Fsp3) is 0.607. The fourth-order valence-corrected chi connectivity index (χ4v) is 5.67. The number of rotatable bonds is 5. The molecular formula is C28H38N2O2. The summed E-state index contributed by atoms with van der Waals surface area (Å²) in [5.74, 6) is 6.78. The molecule has 4 nitrogen and oxygen atoms in total. The molecule has 4 heteroatoms. The van der Waals surface area contributed by atoms with E-state index in [0.29, 0.717) is 11.5 Å². The van der Waals surface area contributed by atoms with E-state index < -0.39 is 5.60 Å². The molecule has 2 atom stereocenters. The van der Waals surface area contributed by atoms with E-state index in [1.165, 1.54) is 5.56 Å². The van der Waals surface area contributed by atoms with Crippen LogP contribution in [0.25, 0.3) is 0 Å². The maximum atomic E-state index is 13.6. The van der Waals surface area contributed by atoms with Gasteiger partial charge in [-0.15, -0.1) is 0 Å². The van der Waals surface area contributed by atoms with Gasteiger partial charge in [0.25, 0.3) is 5.91 Å². The molecule has 0 radical (unpaired) electrons. The van der Waals surface area contributed by atoms with Crippen LogP contribution in [-0.2, 0) is 10.4 Å². The molecule has 0 bridgehead atoms. The second-order valence-electron chi connectivity index (χ2n) is 9.68. The molecule has 0 aromatic heterocycles. The topological polar surface area (TPSA) is 61.4 Å². The van der Waals surface area contributed by atoms with Crippen molar-refractivity contribution in [1.29, 1.82) is 0 Å². The largest absolute Gasteiger partial charge is 0.375 e. The molecule has 2 fully saturated rings. The summed E-state index contributed by atoms with van der Waals surface area (Å²) in [5.41, 5.74) is 1.46. The van der Waals surface area contributed by atoms with Crippen LogP contribution in [0, 0.1) is 17.8 Å². The van der Waals surface area contributed by atoms with Crippen molar-refractivity contribution in [3.8, 4) is 11.8 Å². The molecule has 1 aliphatic heterocycles. The van der Waals surface area contributed by atoms with Crippen molar-refractivity contribution in [2.75, 3.05) is 13.1 Å². The van der Waals surface area contributed by atoms with Crippen LogP contribution in [0.2, 0.25) is 0 Å². The van der Waals surface area contributed by atoms with Gasteiger partial charge in [0.05, 0.1) is 0 Å². The number of allylic oxidation sites excluding steroid dienone is 2. The smallest absolute Gasteiger partial charge is 0.257 e. The first-order valence-electron chi connectivity index (χ1n) is 12.6. The van der Waals surface area contributed by atoms with E-state index in [0.717, 1.165) is 82.9 Å². The number of benzene rings is 1. The molecule has 1 aromatic rings. The van der Waals surface area contributed by atoms with Crippen LogP contribution in [0.15, 0.2) is 30.4 Å². The van der Waals surface area contributed by atoms with Crippen molar-refractivity contribution >= 4 is 5.91 Å². The van der Waals surface area contributed by atoms with Gasteiger partial charge in [0, 0.05) is 23.9 Å². The van der Waals surface area contributed by atoms with Crippen LogP contribution in [0.4, 0.5) is 0 Å². The van der Waals surface area contributed by atoms with Crippen molar-refractivity contribution in [3.05, 3.63) is 47.0 Å². The Morgan fingerprint density at radius 1 is 1.16 bits per heavy atom. The molecule has 1 saturated heterocycles. The summed E-state index contributed by atoms with van der Waals surface area (Å²) < 4.78 is 0. The van der Waals surface area contributed by atoms with Crippen LogP contribution in [0.5, 0.6) is 0 Å². The average molecular weight is 435 g/mol. The molecule has 3 aliphatic rings. The molecule has 32 heavy (non-hydrogen) atoms. The Morgan fingerprint density at radius 3 is 2.62 bits per heavy atom. The van der Waals surface area contributed by atoms with Crippen molar-refractivity contribution in [2.24, 2.45) is 5.92 Å². The highest BCUT2D eigenvalue weighted by Gasteiger charge is 2.47. The van der Waals surface area contributed by atoms with E-state index in [1.54, 1.807) is 0 Å². The minimum absolute atomic E-state index is 0.0420. The zero-order valence-corrected chi connectivity index (χ0v) is 19.5. The first-order valence-corrected chi connectivity index (χ1v) is 12.6. The van der Waals surface area contributed by atoms with Crippen molar-refractivity contribution < 1.29 is 9.90 Å². The summed E-state index contributed by atoms with van der Waals surface area (Å²) in [7, 11) is 0. The first kappa shape index (κ1) is 23.1. The predicted octanol–water partition coefficient (Wildman–Crippen LogP) is 4.52. The SMILES string of the molecule is CCC#Cc1cc(C(O)(C(=O)NC2CCNCC2)C2CCCC2)ccc1C1CC=CCC1. The standard InChI is InChI=1S/C28H38N2O2/c1-2-3-9-22-20-24(14-15-26(22)21-10-5-4-6-11-21)28(32,23-12-7-8-13-23)27(31)30-25-16-18-29-19-17-25/h4-5,14-15,20-21,23,25,29,32H,2,6-8,10-13,16-19H2,1H3,(H,30,31). The van der Waals surface area contributed by atoms with Gasteiger partial charge in [-0.3, -0.25) is 4.79 Å². The van der Waals surface area contributed by atoms with Gasteiger partial charge in [0.15, 0.2) is 5.60 Å². The van der Waals surface area contributed by atoms with Crippen LogP contribution < -0.4 is 10.6 Å². The lowest BCUT2D eigenvalue weighted by molar-refractivity contribution is -0.148. The number of carbonyl (C=O) groups is 1. The minimum Gasteiger partial charge on any atom is -0.375 e. The van der Waals surface area contributed by atoms with Gasteiger partial charge in [-0.1, -0.05) is 55.9 Å². The number of nitrogens with one attached hydrogen (secondary N) is 2. The molecule has 0 spiro atoms. The Balaban J connectivity index is 1.69. The van der Waals surface area contributed by atoms with Gasteiger partial charge in [-0.05, 0) is 81.1 Å². The summed E-state index contributed by atoms with van der Waals surface area (Å²) in [6, 6.07) is 6.29. The molecule has 172 valence electrons.